The van der Waals surface area contributed by atoms with Crippen LogP contribution in [0.3, 0.4) is 0 Å². The van der Waals surface area contributed by atoms with Crippen molar-refractivity contribution in [2.45, 2.75) is 13.0 Å². The van der Waals surface area contributed by atoms with Crippen molar-refractivity contribution in [3.05, 3.63) is 24.3 Å². The molecule has 4 N–H and O–H groups in total. The number of nitrogens with zero attached hydrogens (tertiary/aromatic N) is 2. The molecule has 3 amide bonds. The Morgan fingerprint density at radius 3 is 2.42 bits per heavy atom. The summed E-state index contributed by atoms with van der Waals surface area (Å²) in [4.78, 5) is 25.7. The van der Waals surface area contributed by atoms with E-state index in [-0.39, 0.29) is 12.5 Å². The van der Waals surface area contributed by atoms with Gasteiger partial charge in [0.25, 0.3) is 0 Å². The predicted octanol–water partition coefficient (Wildman–Crippen LogP) is 0.0810. The molecule has 1 heterocycles. The smallest absolute Gasteiger partial charge is 0.314 e. The number of aliphatic hydroxyl groups excluding tert-OH is 1. The van der Waals surface area contributed by atoms with Crippen LogP contribution < -0.4 is 15.8 Å². The Hall–Kier alpha value is -2.32. The van der Waals surface area contributed by atoms with E-state index in [1.165, 1.54) is 6.92 Å². The van der Waals surface area contributed by atoms with Crippen molar-refractivity contribution < 1.29 is 19.4 Å². The van der Waals surface area contributed by atoms with Gasteiger partial charge in [0.2, 0.25) is 5.91 Å². The maximum atomic E-state index is 11.1. The molecule has 0 saturated carbocycles. The number of hydrogen-bond acceptors (Lipinski definition) is 5. The number of carbonyl (C=O) groups is 2. The van der Waals surface area contributed by atoms with Gasteiger partial charge in [-0.05, 0) is 24.3 Å². The molecule has 1 saturated heterocycles. The van der Waals surface area contributed by atoms with E-state index < -0.39 is 12.1 Å². The highest BCUT2D eigenvalue weighted by molar-refractivity contribution is 5.88. The van der Waals surface area contributed by atoms with E-state index in [2.05, 4.69) is 10.2 Å². The van der Waals surface area contributed by atoms with Crippen LogP contribution in [0.2, 0.25) is 0 Å². The summed E-state index contributed by atoms with van der Waals surface area (Å²) in [5.41, 5.74) is 5.94. The van der Waals surface area contributed by atoms with Gasteiger partial charge < -0.3 is 25.8 Å². The molecule has 0 aliphatic carbocycles. The molecule has 0 bridgehead atoms. The standard InChI is InChI=1S/C16H24N4O4/c1-12(21)18-13-2-4-15(5-3-13)24-11-14(22)10-19-6-8-20(9-7-19)16(17)23/h2-5,14,22H,6-11H2,1H3,(H2,17,23)(H,18,21). The largest absolute Gasteiger partial charge is 0.491 e. The number of piperazine rings is 1. The van der Waals surface area contributed by atoms with Gasteiger partial charge in [0.05, 0.1) is 0 Å². The number of hydrogen-bond donors (Lipinski definition) is 3. The normalized spacial score (nSPS) is 16.5. The molecule has 1 aliphatic rings. The van der Waals surface area contributed by atoms with Crippen LogP contribution in [0, 0.1) is 0 Å². The quantitative estimate of drug-likeness (QED) is 0.682. The molecule has 0 radical (unpaired) electrons. The predicted molar refractivity (Wildman–Crippen MR) is 89.8 cm³/mol. The molecule has 1 aromatic carbocycles. The number of ether oxygens (including phenoxy) is 1. The maximum absolute atomic E-state index is 11.1. The molecule has 1 aliphatic heterocycles. The molecule has 1 aromatic rings. The van der Waals surface area contributed by atoms with Crippen molar-refractivity contribution in [3.8, 4) is 5.75 Å². The third-order valence-electron chi connectivity index (χ3n) is 3.77. The molecular formula is C16H24N4O4. The summed E-state index contributed by atoms with van der Waals surface area (Å²) in [6.07, 6.45) is -0.625. The molecule has 24 heavy (non-hydrogen) atoms. The summed E-state index contributed by atoms with van der Waals surface area (Å²) in [5.74, 6) is 0.497. The highest BCUT2D eigenvalue weighted by Crippen LogP contribution is 2.16. The summed E-state index contributed by atoms with van der Waals surface area (Å²) in [7, 11) is 0. The topological polar surface area (TPSA) is 108 Å². The third-order valence-corrected chi connectivity index (χ3v) is 3.77. The fourth-order valence-electron chi connectivity index (χ4n) is 2.53. The zero-order valence-corrected chi connectivity index (χ0v) is 13.8. The van der Waals surface area contributed by atoms with Gasteiger partial charge in [-0.3, -0.25) is 9.69 Å². The van der Waals surface area contributed by atoms with Gasteiger partial charge in [-0.15, -0.1) is 0 Å². The number of β-amino-alcohol motifs (C(OH)–C–C–N with tert-alkyl or cyclic N) is 1. The second-order valence-electron chi connectivity index (χ2n) is 5.80. The molecular weight excluding hydrogens is 312 g/mol. The third kappa shape index (κ3) is 5.71. The lowest BCUT2D eigenvalue weighted by atomic mass is 10.2. The van der Waals surface area contributed by atoms with Crippen molar-refractivity contribution in [1.29, 1.82) is 0 Å². The molecule has 1 fully saturated rings. The Balaban J connectivity index is 1.70. The number of anilines is 1. The Morgan fingerprint density at radius 2 is 1.88 bits per heavy atom. The molecule has 132 valence electrons. The zero-order chi connectivity index (χ0) is 17.5. The number of nitrogens with two attached hydrogens (primary N) is 1. The molecule has 8 nitrogen and oxygen atoms in total. The van der Waals surface area contributed by atoms with E-state index in [1.807, 2.05) is 0 Å². The summed E-state index contributed by atoms with van der Waals surface area (Å²) in [6, 6.07) is 6.56. The molecule has 1 atom stereocenters. The lowest BCUT2D eigenvalue weighted by Gasteiger charge is -2.34. The number of carbonyl (C=O) groups excluding carboxylic acids is 2. The Kier molecular flexibility index (Phi) is 6.39. The van der Waals surface area contributed by atoms with Gasteiger partial charge in [-0.2, -0.15) is 0 Å². The van der Waals surface area contributed by atoms with E-state index in [9.17, 15) is 14.7 Å². The van der Waals surface area contributed by atoms with Gasteiger partial charge >= 0.3 is 6.03 Å². The van der Waals surface area contributed by atoms with Gasteiger partial charge in [0, 0.05) is 45.3 Å². The lowest BCUT2D eigenvalue weighted by Crippen LogP contribution is -2.52. The lowest BCUT2D eigenvalue weighted by molar-refractivity contribution is -0.114. The van der Waals surface area contributed by atoms with E-state index in [0.29, 0.717) is 44.2 Å². The van der Waals surface area contributed by atoms with Crippen LogP contribution in [0.25, 0.3) is 0 Å². The number of benzene rings is 1. The number of urea groups is 1. The van der Waals surface area contributed by atoms with Crippen molar-refractivity contribution in [2.24, 2.45) is 5.73 Å². The summed E-state index contributed by atoms with van der Waals surface area (Å²) in [5, 5.41) is 12.8. The molecule has 0 spiro atoms. The van der Waals surface area contributed by atoms with Crippen LogP contribution in [-0.4, -0.2) is 72.3 Å². The maximum Gasteiger partial charge on any atom is 0.314 e. The Labute approximate surface area is 141 Å². The number of aliphatic hydroxyl groups is 1. The molecule has 1 unspecified atom stereocenters. The first-order valence-electron chi connectivity index (χ1n) is 7.89. The zero-order valence-electron chi connectivity index (χ0n) is 13.8. The van der Waals surface area contributed by atoms with Gasteiger partial charge in [0.15, 0.2) is 0 Å². The summed E-state index contributed by atoms with van der Waals surface area (Å²) < 4.78 is 5.55. The van der Waals surface area contributed by atoms with Crippen LogP contribution in [0.5, 0.6) is 5.75 Å². The van der Waals surface area contributed by atoms with Crippen molar-refractivity contribution >= 4 is 17.6 Å². The van der Waals surface area contributed by atoms with E-state index in [0.717, 1.165) is 0 Å². The first kappa shape index (κ1) is 18.0. The fraction of sp³-hybridized carbons (Fsp3) is 0.500. The number of nitrogens with one attached hydrogen (secondary N) is 1. The van der Waals surface area contributed by atoms with Crippen LogP contribution in [0.4, 0.5) is 10.5 Å². The van der Waals surface area contributed by atoms with E-state index >= 15 is 0 Å². The second kappa shape index (κ2) is 8.51. The van der Waals surface area contributed by atoms with Crippen LogP contribution in [-0.2, 0) is 4.79 Å². The second-order valence-corrected chi connectivity index (χ2v) is 5.80. The van der Waals surface area contributed by atoms with Crippen LogP contribution in [0.1, 0.15) is 6.92 Å². The number of primary amides is 1. The van der Waals surface area contributed by atoms with Crippen LogP contribution >= 0.6 is 0 Å². The minimum Gasteiger partial charge on any atom is -0.491 e. The van der Waals surface area contributed by atoms with Gasteiger partial charge in [-0.1, -0.05) is 0 Å². The minimum absolute atomic E-state index is 0.129. The number of rotatable bonds is 6. The Bertz CT molecular complexity index is 556. The number of amides is 3. The summed E-state index contributed by atoms with van der Waals surface area (Å²) >= 11 is 0. The average Bonchev–Trinajstić information content (AvgIpc) is 2.54. The molecule has 2 rings (SSSR count). The average molecular weight is 336 g/mol. The minimum atomic E-state index is -0.625. The molecule has 0 aromatic heterocycles. The Morgan fingerprint density at radius 1 is 1.25 bits per heavy atom. The highest BCUT2D eigenvalue weighted by atomic mass is 16.5. The van der Waals surface area contributed by atoms with Crippen LogP contribution in [0.15, 0.2) is 24.3 Å². The first-order chi connectivity index (χ1) is 11.4. The molecule has 8 heteroatoms. The van der Waals surface area contributed by atoms with Gasteiger partial charge in [-0.25, -0.2) is 4.79 Å². The summed E-state index contributed by atoms with van der Waals surface area (Å²) in [6.45, 7) is 4.63. The first-order valence-corrected chi connectivity index (χ1v) is 7.89. The van der Waals surface area contributed by atoms with Crippen molar-refractivity contribution in [2.75, 3.05) is 44.6 Å². The van der Waals surface area contributed by atoms with Gasteiger partial charge in [0.1, 0.15) is 18.5 Å². The van der Waals surface area contributed by atoms with Crippen molar-refractivity contribution in [1.82, 2.24) is 9.80 Å². The fourth-order valence-corrected chi connectivity index (χ4v) is 2.53. The monoisotopic (exact) mass is 336 g/mol. The highest BCUT2D eigenvalue weighted by Gasteiger charge is 2.21. The van der Waals surface area contributed by atoms with E-state index in [1.54, 1.807) is 29.2 Å². The van der Waals surface area contributed by atoms with Crippen molar-refractivity contribution in [3.63, 3.8) is 0 Å². The van der Waals surface area contributed by atoms with E-state index in [4.69, 9.17) is 10.5 Å². The SMILES string of the molecule is CC(=O)Nc1ccc(OCC(O)CN2CCN(C(N)=O)CC2)cc1.